The molecule has 96 valence electrons. The number of hydrogen-bond acceptors (Lipinski definition) is 2. The topological polar surface area (TPSA) is 12.9 Å². The summed E-state index contributed by atoms with van der Waals surface area (Å²) < 4.78 is 2.34. The van der Waals surface area contributed by atoms with Gasteiger partial charge in [-0.2, -0.15) is 0 Å². The first kappa shape index (κ1) is 12.1. The van der Waals surface area contributed by atoms with E-state index in [4.69, 9.17) is 4.98 Å². The maximum absolute atomic E-state index is 4.77. The third kappa shape index (κ3) is 1.94. The average molecular weight is 340 g/mol. The molecule has 0 bridgehead atoms. The van der Waals surface area contributed by atoms with Gasteiger partial charge < -0.3 is 0 Å². The molecule has 0 fully saturated rings. The van der Waals surface area contributed by atoms with Crippen molar-refractivity contribution in [3.05, 3.63) is 65.1 Å². The van der Waals surface area contributed by atoms with Crippen molar-refractivity contribution in [2.45, 2.75) is 0 Å². The summed E-state index contributed by atoms with van der Waals surface area (Å²) in [6.07, 6.45) is 0. The summed E-state index contributed by atoms with van der Waals surface area (Å²) >= 11 is 5.28. The van der Waals surface area contributed by atoms with Gasteiger partial charge in [0.1, 0.15) is 5.01 Å². The summed E-state index contributed by atoms with van der Waals surface area (Å²) in [5.74, 6) is 0. The van der Waals surface area contributed by atoms with Gasteiger partial charge in [0.2, 0.25) is 0 Å². The largest absolute Gasteiger partial charge is 0.236 e. The van der Waals surface area contributed by atoms with Crippen molar-refractivity contribution in [3.63, 3.8) is 0 Å². The van der Waals surface area contributed by atoms with Crippen molar-refractivity contribution >= 4 is 48.3 Å². The van der Waals surface area contributed by atoms with Gasteiger partial charge >= 0.3 is 0 Å². The van der Waals surface area contributed by atoms with Gasteiger partial charge in [0.25, 0.3) is 0 Å². The number of nitrogens with zero attached hydrogens (tertiary/aromatic N) is 1. The standard InChI is InChI=1S/C17H10BrNS/c18-13-6-3-5-12(10-13)17-19-15-9-8-11-4-1-2-7-14(11)16(15)20-17/h1-10H. The molecular formula is C17H10BrNS. The number of halogens is 1. The molecule has 0 amide bonds. The first-order chi connectivity index (χ1) is 9.81. The zero-order valence-corrected chi connectivity index (χ0v) is 12.9. The van der Waals surface area contributed by atoms with Crippen LogP contribution in [0.1, 0.15) is 0 Å². The fourth-order valence-electron chi connectivity index (χ4n) is 2.40. The van der Waals surface area contributed by atoms with Crippen LogP contribution in [0.5, 0.6) is 0 Å². The molecule has 1 heterocycles. The lowest BCUT2D eigenvalue weighted by Crippen LogP contribution is -1.75. The van der Waals surface area contributed by atoms with Crippen molar-refractivity contribution in [1.29, 1.82) is 0 Å². The third-order valence-electron chi connectivity index (χ3n) is 3.35. The summed E-state index contributed by atoms with van der Waals surface area (Å²) in [5.41, 5.74) is 2.23. The number of hydrogen-bond donors (Lipinski definition) is 0. The lowest BCUT2D eigenvalue weighted by molar-refractivity contribution is 1.47. The first-order valence-electron chi connectivity index (χ1n) is 6.35. The highest BCUT2D eigenvalue weighted by Crippen LogP contribution is 2.35. The second kappa shape index (κ2) is 4.69. The number of fused-ring (bicyclic) bond motifs is 3. The molecule has 3 aromatic carbocycles. The highest BCUT2D eigenvalue weighted by Gasteiger charge is 2.09. The Hall–Kier alpha value is -1.71. The molecule has 0 aliphatic heterocycles. The number of benzene rings is 3. The van der Waals surface area contributed by atoms with Crippen LogP contribution in [0.3, 0.4) is 0 Å². The Morgan fingerprint density at radius 3 is 2.70 bits per heavy atom. The SMILES string of the molecule is Brc1cccc(-c2nc3ccc4ccccc4c3s2)c1. The van der Waals surface area contributed by atoms with Gasteiger partial charge in [-0.05, 0) is 23.6 Å². The Morgan fingerprint density at radius 1 is 0.900 bits per heavy atom. The lowest BCUT2D eigenvalue weighted by Gasteiger charge is -1.96. The van der Waals surface area contributed by atoms with E-state index in [-0.39, 0.29) is 0 Å². The molecule has 0 aliphatic rings. The number of aromatic nitrogens is 1. The van der Waals surface area contributed by atoms with Gasteiger partial charge in [0, 0.05) is 15.4 Å². The van der Waals surface area contributed by atoms with Crippen LogP contribution in [0, 0.1) is 0 Å². The van der Waals surface area contributed by atoms with E-state index in [1.165, 1.54) is 15.5 Å². The fourth-order valence-corrected chi connectivity index (χ4v) is 3.90. The molecule has 1 nitrogen and oxygen atoms in total. The molecule has 0 N–H and O–H groups in total. The van der Waals surface area contributed by atoms with E-state index in [1.807, 2.05) is 12.1 Å². The van der Waals surface area contributed by atoms with Crippen LogP contribution in [-0.2, 0) is 0 Å². The average Bonchev–Trinajstić information content (AvgIpc) is 2.92. The lowest BCUT2D eigenvalue weighted by atomic mass is 10.1. The van der Waals surface area contributed by atoms with E-state index in [9.17, 15) is 0 Å². The molecule has 1 aromatic heterocycles. The molecule has 3 heteroatoms. The summed E-state index contributed by atoms with van der Waals surface area (Å²) in [7, 11) is 0. The molecule has 20 heavy (non-hydrogen) atoms. The second-order valence-electron chi connectivity index (χ2n) is 4.66. The van der Waals surface area contributed by atoms with Crippen LogP contribution in [0.4, 0.5) is 0 Å². The van der Waals surface area contributed by atoms with Crippen molar-refractivity contribution in [2.75, 3.05) is 0 Å². The van der Waals surface area contributed by atoms with E-state index in [1.54, 1.807) is 11.3 Å². The Morgan fingerprint density at radius 2 is 1.80 bits per heavy atom. The minimum atomic E-state index is 1.07. The second-order valence-corrected chi connectivity index (χ2v) is 6.58. The van der Waals surface area contributed by atoms with Gasteiger partial charge in [-0.3, -0.25) is 0 Å². The molecule has 4 rings (SSSR count). The molecule has 0 saturated carbocycles. The smallest absolute Gasteiger partial charge is 0.124 e. The normalized spacial score (nSPS) is 11.2. The van der Waals surface area contributed by atoms with Crippen molar-refractivity contribution < 1.29 is 0 Å². The van der Waals surface area contributed by atoms with E-state index < -0.39 is 0 Å². The fraction of sp³-hybridized carbons (Fsp3) is 0. The Kier molecular flexibility index (Phi) is 2.83. The number of thiazole rings is 1. The van der Waals surface area contributed by atoms with Gasteiger partial charge in [0.05, 0.1) is 10.2 Å². The summed E-state index contributed by atoms with van der Waals surface area (Å²) in [6.45, 7) is 0. The number of rotatable bonds is 1. The monoisotopic (exact) mass is 339 g/mol. The van der Waals surface area contributed by atoms with E-state index in [0.717, 1.165) is 20.6 Å². The molecule has 0 unspecified atom stereocenters. The zero-order chi connectivity index (χ0) is 13.5. The maximum atomic E-state index is 4.77. The van der Waals surface area contributed by atoms with E-state index >= 15 is 0 Å². The van der Waals surface area contributed by atoms with Crippen molar-refractivity contribution in [2.24, 2.45) is 0 Å². The van der Waals surface area contributed by atoms with Gasteiger partial charge in [-0.25, -0.2) is 4.98 Å². The van der Waals surface area contributed by atoms with E-state index in [0.29, 0.717) is 0 Å². The minimum Gasteiger partial charge on any atom is -0.236 e. The first-order valence-corrected chi connectivity index (χ1v) is 7.96. The minimum absolute atomic E-state index is 1.07. The molecule has 0 aliphatic carbocycles. The van der Waals surface area contributed by atoms with Crippen LogP contribution >= 0.6 is 27.3 Å². The Labute approximate surface area is 129 Å². The van der Waals surface area contributed by atoms with Crippen molar-refractivity contribution in [3.8, 4) is 10.6 Å². The molecule has 0 saturated heterocycles. The molecule has 4 aromatic rings. The van der Waals surface area contributed by atoms with Crippen LogP contribution < -0.4 is 0 Å². The van der Waals surface area contributed by atoms with Gasteiger partial charge in [0.15, 0.2) is 0 Å². The Bertz CT molecular complexity index is 926. The highest BCUT2D eigenvalue weighted by atomic mass is 79.9. The predicted octanol–water partition coefficient (Wildman–Crippen LogP) is 5.88. The van der Waals surface area contributed by atoms with Crippen LogP contribution in [0.2, 0.25) is 0 Å². The molecular weight excluding hydrogens is 330 g/mol. The Balaban J connectivity index is 2.01. The van der Waals surface area contributed by atoms with E-state index in [2.05, 4.69) is 64.5 Å². The highest BCUT2D eigenvalue weighted by molar-refractivity contribution is 9.10. The van der Waals surface area contributed by atoms with Crippen LogP contribution in [-0.4, -0.2) is 4.98 Å². The summed E-state index contributed by atoms with van der Waals surface area (Å²) in [4.78, 5) is 4.77. The van der Waals surface area contributed by atoms with Crippen LogP contribution in [0.25, 0.3) is 31.6 Å². The predicted molar refractivity (Wildman–Crippen MR) is 90.3 cm³/mol. The van der Waals surface area contributed by atoms with Gasteiger partial charge in [-0.15, -0.1) is 11.3 Å². The molecule has 0 radical (unpaired) electrons. The van der Waals surface area contributed by atoms with Crippen LogP contribution in [0.15, 0.2) is 65.1 Å². The maximum Gasteiger partial charge on any atom is 0.124 e. The molecule has 0 atom stereocenters. The summed E-state index contributed by atoms with van der Waals surface area (Å²) in [6, 6.07) is 21.0. The van der Waals surface area contributed by atoms with Crippen molar-refractivity contribution in [1.82, 2.24) is 4.98 Å². The summed E-state index contributed by atoms with van der Waals surface area (Å²) in [5, 5.41) is 3.62. The quantitative estimate of drug-likeness (QED) is 0.422. The van der Waals surface area contributed by atoms with Gasteiger partial charge in [-0.1, -0.05) is 58.4 Å². The zero-order valence-electron chi connectivity index (χ0n) is 10.5. The third-order valence-corrected chi connectivity index (χ3v) is 5.00. The molecule has 0 spiro atoms.